The second-order valence-electron chi connectivity index (χ2n) is 2.18. The van der Waals surface area contributed by atoms with Crippen LogP contribution in [0.25, 0.3) is 0 Å². The molecule has 0 atom stereocenters. The quantitative estimate of drug-likeness (QED) is 0.190. The predicted molar refractivity (Wildman–Crippen MR) is 41.6 cm³/mol. The van der Waals surface area contributed by atoms with Crippen molar-refractivity contribution in [2.24, 2.45) is 5.84 Å². The van der Waals surface area contributed by atoms with E-state index in [1.807, 2.05) is 0 Å². The molecule has 0 saturated carbocycles. The molecule has 0 aliphatic carbocycles. The van der Waals surface area contributed by atoms with Gasteiger partial charge in [-0.2, -0.15) is 11.8 Å². The van der Waals surface area contributed by atoms with Gasteiger partial charge >= 0.3 is 11.8 Å². The topological polar surface area (TPSA) is 84.2 Å². The molecule has 5 nitrogen and oxygen atoms in total. The van der Waals surface area contributed by atoms with Crippen LogP contribution in [0.4, 0.5) is 0 Å². The van der Waals surface area contributed by atoms with Gasteiger partial charge in [-0.25, -0.2) is 5.84 Å². The minimum Gasteiger partial charge on any atom is -0.343 e. The van der Waals surface area contributed by atoms with Crippen LogP contribution in [-0.2, 0) is 9.59 Å². The minimum absolute atomic E-state index is 0.143. The number of nitrogens with two attached hydrogens (primary N) is 1. The fourth-order valence-corrected chi connectivity index (χ4v) is 1.27. The number of thioether (sulfide) groups is 1. The van der Waals surface area contributed by atoms with E-state index in [1.165, 1.54) is 0 Å². The van der Waals surface area contributed by atoms with Crippen molar-refractivity contribution >= 4 is 23.6 Å². The number of carbonyl (C=O) groups is 2. The molecule has 1 aliphatic rings. The van der Waals surface area contributed by atoms with E-state index < -0.39 is 11.8 Å². The Balaban J connectivity index is 2.24. The molecule has 0 aromatic carbocycles. The van der Waals surface area contributed by atoms with Gasteiger partial charge in [0.05, 0.1) is 0 Å². The van der Waals surface area contributed by atoms with Gasteiger partial charge in [-0.15, -0.1) is 0 Å². The van der Waals surface area contributed by atoms with E-state index in [2.05, 4.69) is 5.32 Å². The zero-order valence-corrected chi connectivity index (χ0v) is 6.61. The Morgan fingerprint density at radius 1 is 1.36 bits per heavy atom. The Bertz CT molecular complexity index is 181. The summed E-state index contributed by atoms with van der Waals surface area (Å²) < 4.78 is 0. The number of hydrazine groups is 1. The Kier molecular flexibility index (Phi) is 2.72. The van der Waals surface area contributed by atoms with E-state index >= 15 is 0 Å². The zero-order valence-electron chi connectivity index (χ0n) is 5.79. The summed E-state index contributed by atoms with van der Waals surface area (Å²) in [7, 11) is 0. The number of hydrogen-bond donors (Lipinski definition) is 3. The normalized spacial score (nSPS) is 16.8. The molecule has 2 amide bonds. The Morgan fingerprint density at radius 2 is 2.00 bits per heavy atom. The highest BCUT2D eigenvalue weighted by Gasteiger charge is 2.22. The van der Waals surface area contributed by atoms with E-state index in [0.717, 1.165) is 11.5 Å². The molecular formula is C5H9N3O2S. The fourth-order valence-electron chi connectivity index (χ4n) is 0.636. The number of amides is 2. The van der Waals surface area contributed by atoms with Gasteiger partial charge in [0.2, 0.25) is 0 Å². The largest absolute Gasteiger partial charge is 0.343 e. The Morgan fingerprint density at radius 3 is 2.36 bits per heavy atom. The lowest BCUT2D eigenvalue weighted by Crippen LogP contribution is -2.50. The molecule has 1 aliphatic heterocycles. The second-order valence-corrected chi connectivity index (χ2v) is 3.26. The number of rotatable bonds is 1. The van der Waals surface area contributed by atoms with Gasteiger partial charge in [-0.3, -0.25) is 15.0 Å². The number of nitrogens with one attached hydrogen (secondary N) is 2. The Hall–Kier alpha value is -0.750. The highest BCUT2D eigenvalue weighted by molar-refractivity contribution is 8.00. The molecule has 6 heteroatoms. The summed E-state index contributed by atoms with van der Waals surface area (Å²) in [4.78, 5) is 21.3. The van der Waals surface area contributed by atoms with Crippen LogP contribution >= 0.6 is 11.8 Å². The van der Waals surface area contributed by atoms with Gasteiger partial charge in [-0.05, 0) is 0 Å². The van der Waals surface area contributed by atoms with Crippen molar-refractivity contribution in [3.8, 4) is 0 Å². The van der Waals surface area contributed by atoms with Gasteiger partial charge < -0.3 is 5.32 Å². The van der Waals surface area contributed by atoms with Gasteiger partial charge in [0.15, 0.2) is 0 Å². The first-order valence-corrected chi connectivity index (χ1v) is 4.28. The van der Waals surface area contributed by atoms with Crippen LogP contribution in [0.15, 0.2) is 0 Å². The first kappa shape index (κ1) is 8.35. The molecule has 1 rings (SSSR count). The maximum Gasteiger partial charge on any atom is 0.323 e. The van der Waals surface area contributed by atoms with Crippen LogP contribution in [0, 0.1) is 0 Å². The summed E-state index contributed by atoms with van der Waals surface area (Å²) in [5.74, 6) is 5.05. The zero-order chi connectivity index (χ0) is 8.27. The lowest BCUT2D eigenvalue weighted by molar-refractivity contribution is -0.139. The first-order valence-electron chi connectivity index (χ1n) is 3.13. The van der Waals surface area contributed by atoms with Gasteiger partial charge in [-0.1, -0.05) is 0 Å². The van der Waals surface area contributed by atoms with Crippen LogP contribution in [-0.4, -0.2) is 29.4 Å². The summed E-state index contributed by atoms with van der Waals surface area (Å²) in [6, 6.07) is 0.143. The molecule has 0 unspecified atom stereocenters. The lowest BCUT2D eigenvalue weighted by atomic mass is 10.3. The highest BCUT2D eigenvalue weighted by atomic mass is 32.2. The van der Waals surface area contributed by atoms with Crippen LogP contribution in [0.1, 0.15) is 0 Å². The summed E-state index contributed by atoms with van der Waals surface area (Å²) in [5.41, 5.74) is 1.76. The molecule has 0 spiro atoms. The summed E-state index contributed by atoms with van der Waals surface area (Å²) in [6.07, 6.45) is 0. The van der Waals surface area contributed by atoms with Gasteiger partial charge in [0, 0.05) is 17.5 Å². The van der Waals surface area contributed by atoms with E-state index in [4.69, 9.17) is 5.84 Å². The Labute approximate surface area is 68.0 Å². The van der Waals surface area contributed by atoms with Gasteiger partial charge in [0.1, 0.15) is 0 Å². The molecule has 0 radical (unpaired) electrons. The van der Waals surface area contributed by atoms with Crippen molar-refractivity contribution in [1.29, 1.82) is 0 Å². The molecule has 11 heavy (non-hydrogen) atoms. The third kappa shape index (κ3) is 2.09. The third-order valence-electron chi connectivity index (χ3n) is 1.31. The maximum absolute atomic E-state index is 10.8. The monoisotopic (exact) mass is 175 g/mol. The van der Waals surface area contributed by atoms with Crippen molar-refractivity contribution in [1.82, 2.24) is 10.7 Å². The van der Waals surface area contributed by atoms with E-state index in [1.54, 1.807) is 17.2 Å². The summed E-state index contributed by atoms with van der Waals surface area (Å²) in [5, 5.41) is 2.52. The fraction of sp³-hybridized carbons (Fsp3) is 0.600. The predicted octanol–water partition coefficient (Wildman–Crippen LogP) is -1.79. The van der Waals surface area contributed by atoms with Crippen molar-refractivity contribution < 1.29 is 9.59 Å². The molecular weight excluding hydrogens is 166 g/mol. The second kappa shape index (κ2) is 3.59. The molecule has 0 bridgehead atoms. The molecule has 0 aromatic heterocycles. The average Bonchev–Trinajstić information content (AvgIpc) is 1.94. The molecule has 1 saturated heterocycles. The smallest absolute Gasteiger partial charge is 0.323 e. The van der Waals surface area contributed by atoms with Crippen molar-refractivity contribution in [3.05, 3.63) is 0 Å². The van der Waals surface area contributed by atoms with Crippen molar-refractivity contribution in [2.75, 3.05) is 11.5 Å². The molecule has 1 fully saturated rings. The SMILES string of the molecule is NNC(=O)C(=O)NC1CSC1. The molecule has 1 heterocycles. The lowest BCUT2D eigenvalue weighted by Gasteiger charge is -2.25. The molecule has 62 valence electrons. The third-order valence-corrected chi connectivity index (χ3v) is 2.59. The summed E-state index contributed by atoms with van der Waals surface area (Å²) in [6.45, 7) is 0. The van der Waals surface area contributed by atoms with Crippen LogP contribution < -0.4 is 16.6 Å². The minimum atomic E-state index is -0.790. The van der Waals surface area contributed by atoms with Crippen molar-refractivity contribution in [3.63, 3.8) is 0 Å². The average molecular weight is 175 g/mol. The van der Waals surface area contributed by atoms with Crippen LogP contribution in [0.3, 0.4) is 0 Å². The summed E-state index contributed by atoms with van der Waals surface area (Å²) >= 11 is 1.73. The molecule has 4 N–H and O–H groups in total. The van der Waals surface area contributed by atoms with E-state index in [9.17, 15) is 9.59 Å². The number of hydrogen-bond acceptors (Lipinski definition) is 4. The standard InChI is InChI=1S/C5H9N3O2S/c6-8-5(10)4(9)7-3-1-11-2-3/h3H,1-2,6H2,(H,7,9)(H,8,10). The van der Waals surface area contributed by atoms with Crippen LogP contribution in [0.2, 0.25) is 0 Å². The maximum atomic E-state index is 10.8. The highest BCUT2D eigenvalue weighted by Crippen LogP contribution is 2.16. The molecule has 0 aromatic rings. The first-order chi connectivity index (χ1) is 5.24. The van der Waals surface area contributed by atoms with E-state index in [0.29, 0.717) is 0 Å². The van der Waals surface area contributed by atoms with Gasteiger partial charge in [0.25, 0.3) is 0 Å². The van der Waals surface area contributed by atoms with E-state index in [-0.39, 0.29) is 6.04 Å². The van der Waals surface area contributed by atoms with Crippen molar-refractivity contribution in [2.45, 2.75) is 6.04 Å². The van der Waals surface area contributed by atoms with Crippen LogP contribution in [0.5, 0.6) is 0 Å². The number of carbonyl (C=O) groups excluding carboxylic acids is 2.